The maximum atomic E-state index is 11.7. The molecule has 21 heavy (non-hydrogen) atoms. The summed E-state index contributed by atoms with van der Waals surface area (Å²) in [6.45, 7) is 1.19. The van der Waals surface area contributed by atoms with Crippen LogP contribution in [0.5, 0.6) is 0 Å². The summed E-state index contributed by atoms with van der Waals surface area (Å²) < 4.78 is 9.87. The fraction of sp³-hybridized carbons (Fsp3) is 0.143. The van der Waals surface area contributed by atoms with Crippen LogP contribution in [0.3, 0.4) is 0 Å². The van der Waals surface area contributed by atoms with E-state index in [0.717, 1.165) is 0 Å². The van der Waals surface area contributed by atoms with Gasteiger partial charge in [-0.2, -0.15) is 0 Å². The van der Waals surface area contributed by atoms with Crippen LogP contribution in [-0.2, 0) is 9.53 Å². The Kier molecular flexibility index (Phi) is 4.88. The van der Waals surface area contributed by atoms with Crippen molar-refractivity contribution in [3.8, 4) is 0 Å². The van der Waals surface area contributed by atoms with E-state index >= 15 is 0 Å². The van der Waals surface area contributed by atoms with Crippen LogP contribution < -0.4 is 5.32 Å². The van der Waals surface area contributed by atoms with Crippen molar-refractivity contribution in [3.63, 3.8) is 0 Å². The van der Waals surface area contributed by atoms with E-state index < -0.39 is 18.5 Å². The number of benzene rings is 1. The van der Waals surface area contributed by atoms with Crippen molar-refractivity contribution >= 4 is 40.8 Å². The summed E-state index contributed by atoms with van der Waals surface area (Å²) in [5, 5.41) is 3.06. The third-order valence-electron chi connectivity index (χ3n) is 2.64. The molecule has 0 aliphatic carbocycles. The third-order valence-corrected chi connectivity index (χ3v) is 3.46. The van der Waals surface area contributed by atoms with Crippen LogP contribution in [-0.4, -0.2) is 18.5 Å². The zero-order valence-electron chi connectivity index (χ0n) is 11.0. The molecule has 0 bridgehead atoms. The SMILES string of the molecule is Cc1occc1C(=O)OCC(=O)Nc1cccc(Cl)c1Cl. The summed E-state index contributed by atoms with van der Waals surface area (Å²) in [5.41, 5.74) is 0.633. The van der Waals surface area contributed by atoms with Gasteiger partial charge >= 0.3 is 5.97 Å². The van der Waals surface area contributed by atoms with Crippen molar-refractivity contribution in [1.29, 1.82) is 0 Å². The molecule has 2 aromatic rings. The summed E-state index contributed by atoms with van der Waals surface area (Å²) in [7, 11) is 0. The fourth-order valence-corrected chi connectivity index (χ4v) is 1.94. The predicted molar refractivity (Wildman–Crippen MR) is 78.8 cm³/mol. The van der Waals surface area contributed by atoms with Gasteiger partial charge in [-0.05, 0) is 25.1 Å². The molecular formula is C14H11Cl2NO4. The molecule has 5 nitrogen and oxygen atoms in total. The van der Waals surface area contributed by atoms with Crippen LogP contribution in [0.25, 0.3) is 0 Å². The van der Waals surface area contributed by atoms with Gasteiger partial charge in [0.25, 0.3) is 5.91 Å². The number of hydrogen-bond acceptors (Lipinski definition) is 4. The second-order valence-corrected chi connectivity index (χ2v) is 4.90. The van der Waals surface area contributed by atoms with E-state index in [2.05, 4.69) is 5.32 Å². The molecule has 1 amide bonds. The number of furan rings is 1. The Labute approximate surface area is 130 Å². The van der Waals surface area contributed by atoms with Crippen molar-refractivity contribution in [3.05, 3.63) is 51.9 Å². The second-order valence-electron chi connectivity index (χ2n) is 4.12. The highest BCUT2D eigenvalue weighted by molar-refractivity contribution is 6.44. The molecule has 2 rings (SSSR count). The number of halogens is 2. The molecule has 0 aliphatic heterocycles. The van der Waals surface area contributed by atoms with Crippen LogP contribution in [0.4, 0.5) is 5.69 Å². The average Bonchev–Trinajstić information content (AvgIpc) is 2.87. The molecule has 0 unspecified atom stereocenters. The quantitative estimate of drug-likeness (QED) is 0.869. The Bertz CT molecular complexity index is 681. The zero-order valence-corrected chi connectivity index (χ0v) is 12.5. The Morgan fingerprint density at radius 1 is 1.29 bits per heavy atom. The van der Waals surface area contributed by atoms with Crippen LogP contribution in [0.1, 0.15) is 16.1 Å². The van der Waals surface area contributed by atoms with Gasteiger partial charge in [0.05, 0.1) is 22.0 Å². The van der Waals surface area contributed by atoms with Gasteiger partial charge in [-0.15, -0.1) is 0 Å². The van der Waals surface area contributed by atoms with Crippen LogP contribution in [0.2, 0.25) is 10.0 Å². The molecule has 1 aromatic carbocycles. The minimum Gasteiger partial charge on any atom is -0.469 e. The van der Waals surface area contributed by atoms with Gasteiger partial charge in [-0.25, -0.2) is 4.79 Å². The lowest BCUT2D eigenvalue weighted by molar-refractivity contribution is -0.119. The number of ether oxygens (including phenoxy) is 1. The molecule has 0 spiro atoms. The number of anilines is 1. The van der Waals surface area contributed by atoms with Crippen molar-refractivity contribution < 1.29 is 18.7 Å². The van der Waals surface area contributed by atoms with Gasteiger partial charge in [0.15, 0.2) is 6.61 Å². The van der Waals surface area contributed by atoms with E-state index in [9.17, 15) is 9.59 Å². The summed E-state index contributed by atoms with van der Waals surface area (Å²) in [4.78, 5) is 23.4. The molecule has 0 saturated carbocycles. The van der Waals surface area contributed by atoms with Crippen molar-refractivity contribution in [1.82, 2.24) is 0 Å². The standard InChI is InChI=1S/C14H11Cl2NO4/c1-8-9(5-6-20-8)14(19)21-7-12(18)17-11-4-2-3-10(15)13(11)16/h2-6H,7H2,1H3,(H,17,18). The summed E-state index contributed by atoms with van der Waals surface area (Å²) in [6, 6.07) is 6.31. The Balaban J connectivity index is 1.92. The molecule has 0 aliphatic rings. The van der Waals surface area contributed by atoms with Gasteiger partial charge in [0, 0.05) is 0 Å². The molecule has 1 aromatic heterocycles. The predicted octanol–water partition coefficient (Wildman–Crippen LogP) is 3.69. The highest BCUT2D eigenvalue weighted by atomic mass is 35.5. The molecule has 0 radical (unpaired) electrons. The third kappa shape index (κ3) is 3.77. The number of esters is 1. The maximum absolute atomic E-state index is 11.7. The number of aryl methyl sites for hydroxylation is 1. The highest BCUT2D eigenvalue weighted by Gasteiger charge is 2.15. The normalized spacial score (nSPS) is 10.2. The van der Waals surface area contributed by atoms with E-state index in [1.165, 1.54) is 12.3 Å². The lowest BCUT2D eigenvalue weighted by atomic mass is 10.3. The van der Waals surface area contributed by atoms with Crippen LogP contribution >= 0.6 is 23.2 Å². The molecule has 1 heterocycles. The fourth-order valence-electron chi connectivity index (χ4n) is 1.59. The minimum atomic E-state index is -0.631. The second kappa shape index (κ2) is 6.65. The molecular weight excluding hydrogens is 317 g/mol. The van der Waals surface area contributed by atoms with Gasteiger partial charge in [-0.3, -0.25) is 4.79 Å². The summed E-state index contributed by atoms with van der Waals surface area (Å²) in [6.07, 6.45) is 1.37. The summed E-state index contributed by atoms with van der Waals surface area (Å²) >= 11 is 11.8. The van der Waals surface area contributed by atoms with Gasteiger partial charge in [0.2, 0.25) is 0 Å². The molecule has 0 atom stereocenters. The number of hydrogen-bond donors (Lipinski definition) is 1. The van der Waals surface area contributed by atoms with Gasteiger partial charge in [0.1, 0.15) is 11.3 Å². The van der Waals surface area contributed by atoms with Crippen molar-refractivity contribution in [2.45, 2.75) is 6.92 Å². The lowest BCUT2D eigenvalue weighted by Gasteiger charge is -2.08. The largest absolute Gasteiger partial charge is 0.469 e. The average molecular weight is 328 g/mol. The monoisotopic (exact) mass is 327 g/mol. The summed E-state index contributed by atoms with van der Waals surface area (Å²) in [5.74, 6) is -0.722. The van der Waals surface area contributed by atoms with E-state index in [1.54, 1.807) is 25.1 Å². The van der Waals surface area contributed by atoms with Gasteiger partial charge < -0.3 is 14.5 Å². The number of rotatable bonds is 4. The molecule has 7 heteroatoms. The first-order valence-corrected chi connectivity index (χ1v) is 6.69. The van der Waals surface area contributed by atoms with E-state index in [1.807, 2.05) is 0 Å². The lowest BCUT2D eigenvalue weighted by Crippen LogP contribution is -2.21. The smallest absolute Gasteiger partial charge is 0.342 e. The first-order chi connectivity index (χ1) is 9.99. The zero-order chi connectivity index (χ0) is 15.4. The minimum absolute atomic E-state index is 0.226. The van der Waals surface area contributed by atoms with Gasteiger partial charge in [-0.1, -0.05) is 29.3 Å². The number of nitrogens with one attached hydrogen (secondary N) is 1. The number of carbonyl (C=O) groups is 2. The van der Waals surface area contributed by atoms with Crippen LogP contribution in [0, 0.1) is 6.92 Å². The topological polar surface area (TPSA) is 68.5 Å². The molecule has 110 valence electrons. The maximum Gasteiger partial charge on any atom is 0.342 e. The number of amides is 1. The Morgan fingerprint density at radius 2 is 2.05 bits per heavy atom. The molecule has 0 fully saturated rings. The highest BCUT2D eigenvalue weighted by Crippen LogP contribution is 2.29. The van der Waals surface area contributed by atoms with Crippen molar-refractivity contribution in [2.75, 3.05) is 11.9 Å². The molecule has 1 N–H and O–H groups in total. The van der Waals surface area contributed by atoms with Crippen LogP contribution in [0.15, 0.2) is 34.9 Å². The van der Waals surface area contributed by atoms with Crippen molar-refractivity contribution in [2.24, 2.45) is 0 Å². The first kappa shape index (κ1) is 15.4. The number of carbonyl (C=O) groups excluding carboxylic acids is 2. The Hall–Kier alpha value is -1.98. The molecule has 0 saturated heterocycles. The van der Waals surface area contributed by atoms with E-state index in [4.69, 9.17) is 32.4 Å². The first-order valence-electron chi connectivity index (χ1n) is 5.94. The van der Waals surface area contributed by atoms with E-state index in [-0.39, 0.29) is 10.6 Å². The Morgan fingerprint density at radius 3 is 2.71 bits per heavy atom. The van der Waals surface area contributed by atoms with E-state index in [0.29, 0.717) is 16.5 Å².